The van der Waals surface area contributed by atoms with Gasteiger partial charge in [0, 0.05) is 6.07 Å². The molecule has 124 valence electrons. The molecule has 0 saturated carbocycles. The quantitative estimate of drug-likeness (QED) is 0.720. The molecule has 0 radical (unpaired) electrons. The lowest BCUT2D eigenvalue weighted by Crippen LogP contribution is -2.12. The summed E-state index contributed by atoms with van der Waals surface area (Å²) < 4.78 is 22.0. The van der Waals surface area contributed by atoms with Crippen LogP contribution in [0.3, 0.4) is 0 Å². The summed E-state index contributed by atoms with van der Waals surface area (Å²) in [5, 5.41) is 0. The summed E-state index contributed by atoms with van der Waals surface area (Å²) in [7, 11) is 3.25. The van der Waals surface area contributed by atoms with Crippen molar-refractivity contribution in [2.24, 2.45) is 5.73 Å². The second-order valence-electron chi connectivity index (χ2n) is 4.86. The Hall–Kier alpha value is -2.40. The third-order valence-electron chi connectivity index (χ3n) is 3.33. The fourth-order valence-electron chi connectivity index (χ4n) is 2.23. The lowest BCUT2D eigenvalue weighted by atomic mass is 10.1. The highest BCUT2D eigenvalue weighted by Crippen LogP contribution is 2.31. The van der Waals surface area contributed by atoms with Gasteiger partial charge in [-0.2, -0.15) is 0 Å². The van der Waals surface area contributed by atoms with Crippen molar-refractivity contribution in [2.45, 2.75) is 6.42 Å². The third kappa shape index (κ3) is 4.79. The van der Waals surface area contributed by atoms with Gasteiger partial charge in [0.05, 0.1) is 14.2 Å². The summed E-state index contributed by atoms with van der Waals surface area (Å²) in [6, 6.07) is 13.3. The predicted octanol–water partition coefficient (Wildman–Crippen LogP) is 2.66. The molecule has 0 fully saturated rings. The van der Waals surface area contributed by atoms with Crippen LogP contribution in [0.4, 0.5) is 0 Å². The van der Waals surface area contributed by atoms with E-state index in [9.17, 15) is 0 Å². The Morgan fingerprint density at radius 3 is 2.35 bits per heavy atom. The van der Waals surface area contributed by atoms with E-state index in [0.717, 1.165) is 29.2 Å². The maximum Gasteiger partial charge on any atom is 0.164 e. The van der Waals surface area contributed by atoms with E-state index < -0.39 is 0 Å². The average Bonchev–Trinajstić information content (AvgIpc) is 2.60. The van der Waals surface area contributed by atoms with Crippen LogP contribution in [0.2, 0.25) is 0 Å². The monoisotopic (exact) mass is 317 g/mol. The lowest BCUT2D eigenvalue weighted by Gasteiger charge is -2.15. The second-order valence-corrected chi connectivity index (χ2v) is 4.86. The molecular formula is C18H23NO4. The van der Waals surface area contributed by atoms with Crippen LogP contribution in [0.25, 0.3) is 0 Å². The molecule has 0 atom stereocenters. The lowest BCUT2D eigenvalue weighted by molar-refractivity contribution is 0.209. The SMILES string of the molecule is COc1cccc(OCCOc2c(CCN)cccc2OC)c1. The van der Waals surface area contributed by atoms with E-state index in [2.05, 4.69) is 0 Å². The number of methoxy groups -OCH3 is 2. The van der Waals surface area contributed by atoms with E-state index in [0.29, 0.717) is 25.5 Å². The largest absolute Gasteiger partial charge is 0.497 e. The third-order valence-corrected chi connectivity index (χ3v) is 3.33. The van der Waals surface area contributed by atoms with Crippen LogP contribution in [0.15, 0.2) is 42.5 Å². The minimum absolute atomic E-state index is 0.412. The molecule has 5 heteroatoms. The van der Waals surface area contributed by atoms with Crippen molar-refractivity contribution in [2.75, 3.05) is 34.0 Å². The van der Waals surface area contributed by atoms with Crippen molar-refractivity contribution in [1.82, 2.24) is 0 Å². The van der Waals surface area contributed by atoms with Crippen LogP contribution in [-0.2, 0) is 6.42 Å². The molecule has 0 amide bonds. The Morgan fingerprint density at radius 2 is 1.61 bits per heavy atom. The molecule has 0 unspecified atom stereocenters. The molecule has 5 nitrogen and oxygen atoms in total. The summed E-state index contributed by atoms with van der Waals surface area (Å²) in [6.07, 6.45) is 0.739. The van der Waals surface area contributed by atoms with Gasteiger partial charge in [-0.15, -0.1) is 0 Å². The number of para-hydroxylation sites is 1. The Kier molecular flexibility index (Phi) is 6.56. The molecule has 2 aromatic rings. The van der Waals surface area contributed by atoms with Crippen molar-refractivity contribution in [1.29, 1.82) is 0 Å². The zero-order valence-corrected chi connectivity index (χ0v) is 13.6. The Bertz CT molecular complexity index is 616. The van der Waals surface area contributed by atoms with Gasteiger partial charge in [-0.25, -0.2) is 0 Å². The van der Waals surface area contributed by atoms with E-state index in [4.69, 9.17) is 24.7 Å². The molecule has 0 aliphatic carbocycles. The van der Waals surface area contributed by atoms with Gasteiger partial charge in [0.25, 0.3) is 0 Å². The fourth-order valence-corrected chi connectivity index (χ4v) is 2.23. The van der Waals surface area contributed by atoms with Crippen molar-refractivity contribution in [3.63, 3.8) is 0 Å². The van der Waals surface area contributed by atoms with Crippen molar-refractivity contribution in [3.05, 3.63) is 48.0 Å². The highest BCUT2D eigenvalue weighted by molar-refractivity contribution is 5.46. The average molecular weight is 317 g/mol. The molecule has 2 N–H and O–H groups in total. The smallest absolute Gasteiger partial charge is 0.164 e. The zero-order chi connectivity index (χ0) is 16.5. The summed E-state index contributed by atoms with van der Waals surface area (Å²) in [4.78, 5) is 0. The van der Waals surface area contributed by atoms with Crippen molar-refractivity contribution < 1.29 is 18.9 Å². The van der Waals surface area contributed by atoms with Crippen molar-refractivity contribution in [3.8, 4) is 23.0 Å². The molecule has 0 heterocycles. The van der Waals surface area contributed by atoms with Gasteiger partial charge in [-0.1, -0.05) is 18.2 Å². The van der Waals surface area contributed by atoms with E-state index in [1.165, 1.54) is 0 Å². The first-order valence-corrected chi connectivity index (χ1v) is 7.54. The second kappa shape index (κ2) is 8.90. The van der Waals surface area contributed by atoms with Crippen LogP contribution < -0.4 is 24.7 Å². The molecule has 0 aromatic heterocycles. The van der Waals surface area contributed by atoms with E-state index in [1.54, 1.807) is 14.2 Å². The Morgan fingerprint density at radius 1 is 0.870 bits per heavy atom. The first-order chi connectivity index (χ1) is 11.3. The summed E-state index contributed by atoms with van der Waals surface area (Å²) >= 11 is 0. The van der Waals surface area contributed by atoms with Gasteiger partial charge in [-0.3, -0.25) is 0 Å². The first-order valence-electron chi connectivity index (χ1n) is 7.54. The van der Waals surface area contributed by atoms with Gasteiger partial charge in [0.15, 0.2) is 11.5 Å². The first kappa shape index (κ1) is 17.0. The highest BCUT2D eigenvalue weighted by Gasteiger charge is 2.10. The van der Waals surface area contributed by atoms with Crippen LogP contribution >= 0.6 is 0 Å². The molecule has 0 bridgehead atoms. The Balaban J connectivity index is 1.93. The topological polar surface area (TPSA) is 62.9 Å². The number of hydrogen-bond donors (Lipinski definition) is 1. The normalized spacial score (nSPS) is 10.2. The van der Waals surface area contributed by atoms with E-state index in [-0.39, 0.29) is 0 Å². The zero-order valence-electron chi connectivity index (χ0n) is 13.6. The minimum atomic E-state index is 0.412. The number of ether oxygens (including phenoxy) is 4. The maximum absolute atomic E-state index is 5.85. The van der Waals surface area contributed by atoms with Gasteiger partial charge in [-0.05, 0) is 36.7 Å². The van der Waals surface area contributed by atoms with E-state index >= 15 is 0 Å². The number of rotatable bonds is 9. The van der Waals surface area contributed by atoms with Gasteiger partial charge in [0.1, 0.15) is 24.7 Å². The summed E-state index contributed by atoms with van der Waals surface area (Å²) in [5.74, 6) is 2.94. The van der Waals surface area contributed by atoms with Gasteiger partial charge < -0.3 is 24.7 Å². The number of benzene rings is 2. The highest BCUT2D eigenvalue weighted by atomic mass is 16.5. The molecule has 0 spiro atoms. The van der Waals surface area contributed by atoms with Gasteiger partial charge >= 0.3 is 0 Å². The summed E-state index contributed by atoms with van der Waals surface area (Å²) in [5.41, 5.74) is 6.68. The molecule has 0 aliphatic rings. The van der Waals surface area contributed by atoms with Crippen LogP contribution in [0.1, 0.15) is 5.56 Å². The van der Waals surface area contributed by atoms with Crippen molar-refractivity contribution >= 4 is 0 Å². The number of nitrogens with two attached hydrogens (primary N) is 1. The van der Waals surface area contributed by atoms with Crippen LogP contribution in [-0.4, -0.2) is 34.0 Å². The van der Waals surface area contributed by atoms with Crippen LogP contribution in [0.5, 0.6) is 23.0 Å². The van der Waals surface area contributed by atoms with Crippen LogP contribution in [0, 0.1) is 0 Å². The predicted molar refractivity (Wildman–Crippen MR) is 89.7 cm³/mol. The molecular weight excluding hydrogens is 294 g/mol. The number of hydrogen-bond acceptors (Lipinski definition) is 5. The molecule has 0 saturated heterocycles. The molecule has 23 heavy (non-hydrogen) atoms. The van der Waals surface area contributed by atoms with Gasteiger partial charge in [0.2, 0.25) is 0 Å². The molecule has 2 rings (SSSR count). The molecule has 0 aliphatic heterocycles. The summed E-state index contributed by atoms with van der Waals surface area (Å²) in [6.45, 7) is 1.40. The van der Waals surface area contributed by atoms with E-state index in [1.807, 2.05) is 42.5 Å². The minimum Gasteiger partial charge on any atom is -0.497 e. The standard InChI is InChI=1S/C18H23NO4/c1-20-15-6-4-7-16(13-15)22-11-12-23-18-14(9-10-19)5-3-8-17(18)21-2/h3-8,13H,9-12,19H2,1-2H3. The Labute approximate surface area is 136 Å². The molecule has 2 aromatic carbocycles. The fraction of sp³-hybridized carbons (Fsp3) is 0.333. The maximum atomic E-state index is 5.85.